The first-order valence-corrected chi connectivity index (χ1v) is 15.7. The number of nitrogens with zero attached hydrogens (tertiary/aromatic N) is 1. The van der Waals surface area contributed by atoms with E-state index in [2.05, 4.69) is 48.2 Å². The number of hydrogen-bond acceptors (Lipinski definition) is 4. The van der Waals surface area contributed by atoms with Crippen LogP contribution in [0.5, 0.6) is 0 Å². The first-order valence-electron chi connectivity index (χ1n) is 15.7. The monoisotopic (exact) mass is 533 g/mol. The van der Waals surface area contributed by atoms with E-state index in [0.29, 0.717) is 0 Å². The Morgan fingerprint density at radius 2 is 1.10 bits per heavy atom. The molecule has 39 heavy (non-hydrogen) atoms. The lowest BCUT2D eigenvalue weighted by atomic mass is 10.0. The molecule has 0 spiro atoms. The fraction of sp³-hybridized carbons (Fsp3) is 0.588. The Bertz CT molecular complexity index is 827. The predicted octanol–water partition coefficient (Wildman–Crippen LogP) is 8.83. The molecule has 3 rings (SSSR count). The molecule has 0 bridgehead atoms. The van der Waals surface area contributed by atoms with Crippen LogP contribution in [0.25, 0.3) is 0 Å². The lowest BCUT2D eigenvalue weighted by Crippen LogP contribution is -2.42. The number of benzene rings is 2. The van der Waals surface area contributed by atoms with Gasteiger partial charge < -0.3 is 14.3 Å². The summed E-state index contributed by atoms with van der Waals surface area (Å²) < 4.78 is 12.0. The summed E-state index contributed by atoms with van der Waals surface area (Å²) in [6.07, 6.45) is 22.8. The fourth-order valence-electron chi connectivity index (χ4n) is 5.41. The molecule has 5 heteroatoms. The van der Waals surface area contributed by atoms with Gasteiger partial charge in [-0.1, -0.05) is 138 Å². The van der Waals surface area contributed by atoms with Gasteiger partial charge in [0.2, 0.25) is 0 Å². The molecule has 0 amide bonds. The molecule has 0 aromatic heterocycles. The summed E-state index contributed by atoms with van der Waals surface area (Å²) in [5.41, 5.74) is 2.15. The van der Waals surface area contributed by atoms with Crippen LogP contribution in [0.15, 0.2) is 72.8 Å². The lowest BCUT2D eigenvalue weighted by Gasteiger charge is -2.35. The maximum absolute atomic E-state index is 10.5. The van der Waals surface area contributed by atoms with Crippen molar-refractivity contribution in [2.24, 2.45) is 0 Å². The van der Waals surface area contributed by atoms with Crippen LogP contribution in [0.1, 0.15) is 120 Å². The predicted molar refractivity (Wildman–Crippen MR) is 164 cm³/mol. The first-order chi connectivity index (χ1) is 19.3. The zero-order valence-corrected chi connectivity index (χ0v) is 24.4. The van der Waals surface area contributed by atoms with Crippen molar-refractivity contribution in [3.8, 4) is 0 Å². The minimum absolute atomic E-state index is 0.216. The van der Waals surface area contributed by atoms with Gasteiger partial charge >= 0.3 is 7.32 Å². The molecule has 1 saturated heterocycles. The third-order valence-electron chi connectivity index (χ3n) is 7.74. The van der Waals surface area contributed by atoms with Gasteiger partial charge in [0.1, 0.15) is 0 Å². The molecule has 2 aromatic rings. The lowest BCUT2D eigenvalue weighted by molar-refractivity contribution is -0.00830. The van der Waals surface area contributed by atoms with Crippen LogP contribution in [0.4, 0.5) is 0 Å². The van der Waals surface area contributed by atoms with E-state index in [0.717, 1.165) is 30.8 Å². The van der Waals surface area contributed by atoms with Crippen molar-refractivity contribution in [3.05, 3.63) is 83.9 Å². The van der Waals surface area contributed by atoms with Gasteiger partial charge in [0.25, 0.3) is 0 Å². The average Bonchev–Trinajstić information content (AvgIpc) is 2.96. The molecule has 1 fully saturated rings. The minimum Gasteiger partial charge on any atom is -0.402 e. The van der Waals surface area contributed by atoms with Crippen LogP contribution in [0.3, 0.4) is 0 Å². The van der Waals surface area contributed by atoms with E-state index in [9.17, 15) is 5.02 Å². The van der Waals surface area contributed by atoms with Crippen LogP contribution >= 0.6 is 0 Å². The quantitative estimate of drug-likeness (QED) is 0.118. The molecule has 1 aliphatic rings. The van der Waals surface area contributed by atoms with Crippen molar-refractivity contribution in [3.63, 3.8) is 0 Å². The Balaban J connectivity index is 1.34. The number of allylic oxidation sites excluding steroid dienone is 2. The third-order valence-corrected chi connectivity index (χ3v) is 7.74. The SMILES string of the molecule is CCCCCCCC/C=C\CCCCCCCCN1CC(c2ccccc2)OB(O)OC(c2ccccc2)C1. The summed E-state index contributed by atoms with van der Waals surface area (Å²) in [4.78, 5) is 2.45. The highest BCUT2D eigenvalue weighted by atomic mass is 16.7. The second-order valence-corrected chi connectivity index (χ2v) is 11.1. The van der Waals surface area contributed by atoms with Gasteiger partial charge in [-0.15, -0.1) is 0 Å². The highest BCUT2D eigenvalue weighted by Crippen LogP contribution is 2.28. The topological polar surface area (TPSA) is 41.9 Å². The molecule has 1 aliphatic heterocycles. The second-order valence-electron chi connectivity index (χ2n) is 11.1. The van der Waals surface area contributed by atoms with Gasteiger partial charge in [0.05, 0.1) is 12.2 Å². The molecule has 0 aliphatic carbocycles. The first kappa shape index (κ1) is 31.6. The molecule has 2 atom stereocenters. The van der Waals surface area contributed by atoms with E-state index < -0.39 is 7.32 Å². The number of rotatable bonds is 18. The van der Waals surface area contributed by atoms with E-state index in [1.54, 1.807) is 0 Å². The van der Waals surface area contributed by atoms with Gasteiger partial charge in [-0.05, 0) is 49.8 Å². The van der Waals surface area contributed by atoms with Gasteiger partial charge in [0.15, 0.2) is 0 Å². The van der Waals surface area contributed by atoms with Crippen molar-refractivity contribution in [2.75, 3.05) is 19.6 Å². The highest BCUT2D eigenvalue weighted by molar-refractivity contribution is 6.34. The van der Waals surface area contributed by atoms with Gasteiger partial charge in [-0.2, -0.15) is 0 Å². The Morgan fingerprint density at radius 3 is 1.59 bits per heavy atom. The summed E-state index contributed by atoms with van der Waals surface area (Å²) in [6.45, 7) is 4.79. The molecule has 1 heterocycles. The van der Waals surface area contributed by atoms with Crippen molar-refractivity contribution in [2.45, 2.75) is 109 Å². The third kappa shape index (κ3) is 13.3. The normalized spacial score (nSPS) is 18.9. The van der Waals surface area contributed by atoms with Crippen LogP contribution in [0.2, 0.25) is 0 Å². The van der Waals surface area contributed by atoms with Crippen LogP contribution in [0, 0.1) is 0 Å². The minimum atomic E-state index is -1.24. The van der Waals surface area contributed by atoms with Crippen molar-refractivity contribution < 1.29 is 14.3 Å². The Morgan fingerprint density at radius 1 is 0.667 bits per heavy atom. The molecule has 4 nitrogen and oxygen atoms in total. The molecule has 0 saturated carbocycles. The van der Waals surface area contributed by atoms with Crippen molar-refractivity contribution in [1.29, 1.82) is 0 Å². The maximum Gasteiger partial charge on any atom is 0.637 e. The van der Waals surface area contributed by atoms with E-state index >= 15 is 0 Å². The maximum atomic E-state index is 10.5. The van der Waals surface area contributed by atoms with Crippen molar-refractivity contribution in [1.82, 2.24) is 4.90 Å². The van der Waals surface area contributed by atoms with Crippen molar-refractivity contribution >= 4 is 7.32 Å². The van der Waals surface area contributed by atoms with Crippen LogP contribution in [-0.4, -0.2) is 36.9 Å². The molecular formula is C34H52BNO3. The van der Waals surface area contributed by atoms with E-state index in [4.69, 9.17) is 9.31 Å². The summed E-state index contributed by atoms with van der Waals surface area (Å²) in [5, 5.41) is 10.5. The standard InChI is InChI=1S/C34H52BNO3/c1-2-3-4-5-6-7-8-9-10-11-12-13-14-15-16-23-28-36-29-33(31-24-19-17-20-25-31)38-35(37)39-34(30-36)32-26-21-18-22-27-32/h9-10,17-22,24-27,33-34,37H,2-8,11-16,23,28-30H2,1H3/b10-9-. The number of unbranched alkanes of at least 4 members (excludes halogenated alkanes) is 12. The summed E-state index contributed by atoms with van der Waals surface area (Å²) in [7, 11) is -1.24. The van der Waals surface area contributed by atoms with Gasteiger partial charge in [-0.3, -0.25) is 4.90 Å². The average molecular weight is 534 g/mol. The zero-order chi connectivity index (χ0) is 27.4. The molecule has 0 radical (unpaired) electrons. The largest absolute Gasteiger partial charge is 0.637 e. The van der Waals surface area contributed by atoms with Crippen LogP contribution in [-0.2, 0) is 9.31 Å². The Kier molecular flexibility index (Phi) is 16.2. The Labute approximate surface area is 239 Å². The second kappa shape index (κ2) is 20.0. The zero-order valence-electron chi connectivity index (χ0n) is 24.4. The summed E-state index contributed by atoms with van der Waals surface area (Å²) in [6, 6.07) is 20.4. The smallest absolute Gasteiger partial charge is 0.402 e. The molecule has 214 valence electrons. The van der Waals surface area contributed by atoms with E-state index in [1.165, 1.54) is 89.9 Å². The molecule has 1 N–H and O–H groups in total. The summed E-state index contributed by atoms with van der Waals surface area (Å²) in [5.74, 6) is 0. The molecule has 2 unspecified atom stereocenters. The van der Waals surface area contributed by atoms with Crippen LogP contribution < -0.4 is 0 Å². The molecule has 2 aromatic carbocycles. The Hall–Kier alpha value is -1.92. The number of hydrogen-bond donors (Lipinski definition) is 1. The highest BCUT2D eigenvalue weighted by Gasteiger charge is 2.33. The van der Waals surface area contributed by atoms with Gasteiger partial charge in [0, 0.05) is 13.1 Å². The van der Waals surface area contributed by atoms with E-state index in [-0.39, 0.29) is 12.2 Å². The summed E-state index contributed by atoms with van der Waals surface area (Å²) >= 11 is 0. The van der Waals surface area contributed by atoms with Gasteiger partial charge in [-0.25, -0.2) is 0 Å². The fourth-order valence-corrected chi connectivity index (χ4v) is 5.41. The molecular weight excluding hydrogens is 481 g/mol. The van der Waals surface area contributed by atoms with E-state index in [1.807, 2.05) is 36.4 Å².